The first kappa shape index (κ1) is 32.3. The smallest absolute Gasteiger partial charge is 0.407 e. The first-order valence-corrected chi connectivity index (χ1v) is 18.2. The van der Waals surface area contributed by atoms with Crippen molar-refractivity contribution >= 4 is 28.4 Å². The Kier molecular flexibility index (Phi) is 8.92. The summed E-state index contributed by atoms with van der Waals surface area (Å²) in [5, 5.41) is 22.9. The van der Waals surface area contributed by atoms with Gasteiger partial charge in [-0.25, -0.2) is 4.79 Å². The van der Waals surface area contributed by atoms with Crippen molar-refractivity contribution in [2.24, 2.45) is 5.92 Å². The molecule has 3 fully saturated rings. The fourth-order valence-electron chi connectivity index (χ4n) is 8.48. The van der Waals surface area contributed by atoms with Crippen LogP contribution in [0.2, 0.25) is 0 Å². The molecule has 1 saturated carbocycles. The molecule has 1 aromatic heterocycles. The standard InChI is InChI=1S/C40H45N7O3/c41-19-18-40(24-29-8-2-1-3-9-29)28-46(22-23-47(40)39(48)49)37-34-17-21-45(36-14-6-11-31-10-4-5-13-33(31)36)26-35(34)42-38(43-37)50-27-32-12-7-20-44(32)25-30-15-16-30/h1-6,8-11,13-14,30,32H,7,12,15-18,20-28H2,(H,48,49). The number of piperazine rings is 1. The zero-order valence-electron chi connectivity index (χ0n) is 28.6. The second-order valence-corrected chi connectivity index (χ2v) is 14.5. The fraction of sp³-hybridized carbons (Fsp3) is 0.450. The SMILES string of the molecule is N#CCC1(Cc2ccccc2)CN(c2nc(OCC3CCCN3CC3CC3)nc3c2CCN(c2cccc4ccccc24)C3)CCN1C(=O)O. The van der Waals surface area contributed by atoms with Crippen molar-refractivity contribution in [3.8, 4) is 12.1 Å². The van der Waals surface area contributed by atoms with Gasteiger partial charge in [0.1, 0.15) is 12.4 Å². The van der Waals surface area contributed by atoms with Crippen LogP contribution in [0.4, 0.5) is 16.3 Å². The van der Waals surface area contributed by atoms with E-state index in [0.29, 0.717) is 44.7 Å². The lowest BCUT2D eigenvalue weighted by Gasteiger charge is -2.49. The number of anilines is 2. The van der Waals surface area contributed by atoms with E-state index in [1.165, 1.54) is 40.6 Å². The van der Waals surface area contributed by atoms with Gasteiger partial charge < -0.3 is 19.6 Å². The molecule has 1 aliphatic carbocycles. The van der Waals surface area contributed by atoms with E-state index < -0.39 is 11.6 Å². The summed E-state index contributed by atoms with van der Waals surface area (Å²) in [6.45, 7) is 5.36. The van der Waals surface area contributed by atoms with E-state index in [1.54, 1.807) is 0 Å². The van der Waals surface area contributed by atoms with E-state index in [9.17, 15) is 15.2 Å². The maximum absolute atomic E-state index is 12.7. The molecule has 1 amide bonds. The number of likely N-dealkylation sites (tertiary alicyclic amines) is 1. The molecule has 3 aliphatic heterocycles. The average Bonchev–Trinajstić information content (AvgIpc) is 3.85. The second kappa shape index (κ2) is 13.8. The molecule has 0 spiro atoms. The Labute approximate surface area is 293 Å². The number of hydrogen-bond donors (Lipinski definition) is 1. The van der Waals surface area contributed by atoms with Crippen LogP contribution in [0, 0.1) is 17.2 Å². The normalized spacial score (nSPS) is 22.4. The molecular weight excluding hydrogens is 626 g/mol. The lowest BCUT2D eigenvalue weighted by atomic mass is 9.83. The molecule has 8 rings (SSSR count). The van der Waals surface area contributed by atoms with Gasteiger partial charge in [-0.15, -0.1) is 0 Å². The number of rotatable bonds is 10. The highest BCUT2D eigenvalue weighted by Gasteiger charge is 2.46. The molecule has 10 nitrogen and oxygen atoms in total. The van der Waals surface area contributed by atoms with Crippen molar-refractivity contribution in [2.45, 2.75) is 63.1 Å². The number of aromatic nitrogens is 2. The molecule has 4 aromatic rings. The number of benzene rings is 3. The van der Waals surface area contributed by atoms with Crippen LogP contribution in [-0.2, 0) is 19.4 Å². The number of carboxylic acid groups (broad SMARTS) is 1. The molecule has 3 aromatic carbocycles. The largest absolute Gasteiger partial charge is 0.465 e. The van der Waals surface area contributed by atoms with Crippen LogP contribution in [0.1, 0.15) is 48.9 Å². The van der Waals surface area contributed by atoms with Crippen molar-refractivity contribution in [1.29, 1.82) is 5.26 Å². The Balaban J connectivity index is 1.14. The van der Waals surface area contributed by atoms with Crippen LogP contribution < -0.4 is 14.5 Å². The van der Waals surface area contributed by atoms with Gasteiger partial charge in [-0.3, -0.25) is 9.80 Å². The molecule has 1 N–H and O–H groups in total. The fourth-order valence-corrected chi connectivity index (χ4v) is 8.48. The van der Waals surface area contributed by atoms with Crippen molar-refractivity contribution in [3.63, 3.8) is 0 Å². The highest BCUT2D eigenvalue weighted by atomic mass is 16.5. The number of fused-ring (bicyclic) bond motifs is 2. The van der Waals surface area contributed by atoms with E-state index in [2.05, 4.69) is 63.2 Å². The predicted octanol–water partition coefficient (Wildman–Crippen LogP) is 6.14. The van der Waals surface area contributed by atoms with Gasteiger partial charge in [0.25, 0.3) is 0 Å². The molecule has 10 heteroatoms. The Morgan fingerprint density at radius 1 is 0.940 bits per heavy atom. The van der Waals surface area contributed by atoms with Gasteiger partial charge in [0.2, 0.25) is 0 Å². The summed E-state index contributed by atoms with van der Waals surface area (Å²) >= 11 is 0. The average molecular weight is 672 g/mol. The highest BCUT2D eigenvalue weighted by Crippen LogP contribution is 2.38. The van der Waals surface area contributed by atoms with Crippen molar-refractivity contribution in [3.05, 3.63) is 89.6 Å². The maximum Gasteiger partial charge on any atom is 0.407 e. The molecule has 2 unspecified atom stereocenters. The van der Waals surface area contributed by atoms with Gasteiger partial charge in [0.15, 0.2) is 0 Å². The van der Waals surface area contributed by atoms with E-state index in [0.717, 1.165) is 61.0 Å². The first-order valence-electron chi connectivity index (χ1n) is 18.2. The molecular formula is C40H45N7O3. The zero-order valence-corrected chi connectivity index (χ0v) is 28.6. The predicted molar refractivity (Wildman–Crippen MR) is 194 cm³/mol. The second-order valence-electron chi connectivity index (χ2n) is 14.5. The van der Waals surface area contributed by atoms with Crippen molar-refractivity contribution in [2.75, 3.05) is 55.7 Å². The van der Waals surface area contributed by atoms with Crippen LogP contribution in [-0.4, -0.2) is 88.4 Å². The summed E-state index contributed by atoms with van der Waals surface area (Å²) < 4.78 is 6.52. The number of ether oxygens (including phenoxy) is 1. The molecule has 4 aliphatic rings. The monoisotopic (exact) mass is 671 g/mol. The molecule has 50 heavy (non-hydrogen) atoms. The molecule has 0 radical (unpaired) electrons. The minimum atomic E-state index is -0.998. The third-order valence-electron chi connectivity index (χ3n) is 11.2. The van der Waals surface area contributed by atoms with Crippen molar-refractivity contribution in [1.82, 2.24) is 19.8 Å². The number of carbonyl (C=O) groups is 1. The van der Waals surface area contributed by atoms with E-state index >= 15 is 0 Å². The summed E-state index contributed by atoms with van der Waals surface area (Å²) in [6.07, 6.45) is 5.24. The van der Waals surface area contributed by atoms with E-state index in [1.807, 2.05) is 30.3 Å². The quantitative estimate of drug-likeness (QED) is 0.213. The summed E-state index contributed by atoms with van der Waals surface area (Å²) in [4.78, 5) is 31.6. The van der Waals surface area contributed by atoms with Gasteiger partial charge >= 0.3 is 12.1 Å². The summed E-state index contributed by atoms with van der Waals surface area (Å²) in [5.74, 6) is 1.64. The lowest BCUT2D eigenvalue weighted by Crippen LogP contribution is -2.65. The maximum atomic E-state index is 12.7. The third kappa shape index (κ3) is 6.54. The summed E-state index contributed by atoms with van der Waals surface area (Å²) in [7, 11) is 0. The molecule has 2 atom stereocenters. The topological polar surface area (TPSA) is 109 Å². The Bertz CT molecular complexity index is 1890. The molecule has 0 bridgehead atoms. The van der Waals surface area contributed by atoms with Crippen molar-refractivity contribution < 1.29 is 14.6 Å². The first-order chi connectivity index (χ1) is 24.5. The van der Waals surface area contributed by atoms with Gasteiger partial charge in [0, 0.05) is 55.4 Å². The van der Waals surface area contributed by atoms with Crippen LogP contribution in [0.3, 0.4) is 0 Å². The van der Waals surface area contributed by atoms with Gasteiger partial charge in [-0.1, -0.05) is 66.7 Å². The Morgan fingerprint density at radius 3 is 2.58 bits per heavy atom. The highest BCUT2D eigenvalue weighted by molar-refractivity contribution is 5.94. The number of amides is 1. The molecule has 258 valence electrons. The number of hydrogen-bond acceptors (Lipinski definition) is 8. The minimum Gasteiger partial charge on any atom is -0.465 e. The van der Waals surface area contributed by atoms with Gasteiger partial charge in [0.05, 0.1) is 30.3 Å². The summed E-state index contributed by atoms with van der Waals surface area (Å²) in [5.41, 5.74) is 3.28. The lowest BCUT2D eigenvalue weighted by molar-refractivity contribution is 0.0668. The number of nitriles is 1. The van der Waals surface area contributed by atoms with Gasteiger partial charge in [-0.2, -0.15) is 15.2 Å². The van der Waals surface area contributed by atoms with E-state index in [-0.39, 0.29) is 13.0 Å². The third-order valence-corrected chi connectivity index (χ3v) is 11.2. The van der Waals surface area contributed by atoms with E-state index in [4.69, 9.17) is 14.7 Å². The van der Waals surface area contributed by atoms with Gasteiger partial charge in [-0.05, 0) is 68.0 Å². The van der Waals surface area contributed by atoms with Crippen LogP contribution in [0.25, 0.3) is 10.8 Å². The molecule has 2 saturated heterocycles. The summed E-state index contributed by atoms with van der Waals surface area (Å²) in [6, 6.07) is 27.9. The molecule has 4 heterocycles. The minimum absolute atomic E-state index is 0.0781. The zero-order chi connectivity index (χ0) is 34.1. The Morgan fingerprint density at radius 2 is 1.76 bits per heavy atom. The number of nitrogens with zero attached hydrogens (tertiary/aromatic N) is 7. The van der Waals surface area contributed by atoms with Crippen LogP contribution in [0.5, 0.6) is 6.01 Å². The Hall–Kier alpha value is -4.88. The van der Waals surface area contributed by atoms with Crippen LogP contribution >= 0.6 is 0 Å². The van der Waals surface area contributed by atoms with Crippen LogP contribution in [0.15, 0.2) is 72.8 Å².